The Bertz CT molecular complexity index is 3150. The fraction of sp³-hybridized carbons (Fsp3) is 0.556. The van der Waals surface area contributed by atoms with Gasteiger partial charge in [-0.2, -0.15) is 0 Å². The van der Waals surface area contributed by atoms with E-state index in [9.17, 15) is 53.1 Å². The van der Waals surface area contributed by atoms with Gasteiger partial charge in [0.25, 0.3) is 11.8 Å². The SMILES string of the molecule is CC(=O)N1CCC(n2nnc3c(F)cc(/C=C(\C)[C@H]4OC(=O)C[C@H](O)CC[C@H](C)[C@@H](OC(=O)N5CCN(C(=O)OCc6ccc(NC(=O)[C@H](CCCNC(N)=O)NC(=O)[C@@H](NC(=O)CCCCCN7C(=O)C=CC7=O)C(C)C)cc6)CC5)/C=C\[C@@H]4C)cc32)CC1. The second-order valence-electron chi connectivity index (χ2n) is 23.9. The lowest BCUT2D eigenvalue weighted by molar-refractivity contribution is -0.151. The molecule has 1 aromatic heterocycles. The van der Waals surface area contributed by atoms with E-state index in [4.69, 9.17) is 19.9 Å². The number of likely N-dealkylation sites (tertiary alicyclic amines) is 1. The maximum Gasteiger partial charge on any atom is 0.410 e. The number of cyclic esters (lactones) is 1. The Labute approximate surface area is 522 Å². The number of aliphatic hydroxyl groups is 1. The molecule has 2 aromatic carbocycles. The fourth-order valence-electron chi connectivity index (χ4n) is 11.2. The Hall–Kier alpha value is -8.75. The number of aromatic nitrogens is 3. The maximum absolute atomic E-state index is 15.6. The first kappa shape index (κ1) is 68.7. The third-order valence-electron chi connectivity index (χ3n) is 16.6. The average Bonchev–Trinajstić information content (AvgIpc) is 2.00. The number of nitrogens with one attached hydrogen (secondary N) is 4. The predicted molar refractivity (Wildman–Crippen MR) is 327 cm³/mol. The molecule has 4 aliphatic rings. The largest absolute Gasteiger partial charge is 0.457 e. The van der Waals surface area contributed by atoms with Gasteiger partial charge in [0.15, 0.2) is 5.82 Å². The first-order valence-corrected chi connectivity index (χ1v) is 30.9. The molecule has 3 aromatic rings. The number of imide groups is 1. The van der Waals surface area contributed by atoms with Gasteiger partial charge in [-0.15, -0.1) is 5.10 Å². The lowest BCUT2D eigenvalue weighted by Gasteiger charge is -2.35. The number of nitrogens with two attached hydrogens (primary N) is 1. The topological polar surface area (TPSA) is 336 Å². The van der Waals surface area contributed by atoms with E-state index in [0.29, 0.717) is 79.5 Å². The number of piperidine rings is 1. The van der Waals surface area contributed by atoms with Crippen LogP contribution in [0.4, 0.5) is 24.5 Å². The molecule has 0 unspecified atom stereocenters. The summed E-state index contributed by atoms with van der Waals surface area (Å²) in [5.41, 5.74) is 7.89. The number of carbonyl (C=O) groups is 10. The number of fused-ring (bicyclic) bond motifs is 1. The third kappa shape index (κ3) is 19.6. The Morgan fingerprint density at radius 3 is 2.16 bits per heavy atom. The molecule has 2 saturated heterocycles. The van der Waals surface area contributed by atoms with E-state index >= 15 is 4.39 Å². The lowest BCUT2D eigenvalue weighted by atomic mass is 9.91. The van der Waals surface area contributed by atoms with Crippen LogP contribution in [0.1, 0.15) is 129 Å². The van der Waals surface area contributed by atoms with Crippen LogP contribution >= 0.6 is 0 Å². The Morgan fingerprint density at radius 1 is 0.822 bits per heavy atom. The number of urea groups is 1. The molecule has 0 bridgehead atoms. The van der Waals surface area contributed by atoms with Crippen molar-refractivity contribution < 1.29 is 71.7 Å². The zero-order chi connectivity index (χ0) is 65.2. The van der Waals surface area contributed by atoms with E-state index in [1.165, 1.54) is 34.9 Å². The van der Waals surface area contributed by atoms with Crippen molar-refractivity contribution in [2.24, 2.45) is 23.5 Å². The smallest absolute Gasteiger partial charge is 0.410 e. The highest BCUT2D eigenvalue weighted by molar-refractivity contribution is 6.12. The molecule has 0 aliphatic carbocycles. The summed E-state index contributed by atoms with van der Waals surface area (Å²) < 4.78 is 35.1. The van der Waals surface area contributed by atoms with E-state index in [-0.39, 0.29) is 125 Å². The quantitative estimate of drug-likeness (QED) is 0.0241. The number of primary amides is 1. The number of hydrogen-bond acceptors (Lipinski definition) is 16. The highest BCUT2D eigenvalue weighted by Gasteiger charge is 2.33. The van der Waals surface area contributed by atoms with Gasteiger partial charge >= 0.3 is 24.2 Å². The molecule has 2 fully saturated rings. The molecule has 7 rings (SSSR count). The molecule has 26 nitrogen and oxygen atoms in total. The number of rotatable bonds is 22. The van der Waals surface area contributed by atoms with Gasteiger partial charge in [-0.25, -0.2) is 23.5 Å². The Morgan fingerprint density at radius 2 is 1.50 bits per heavy atom. The molecule has 27 heteroatoms. The molecule has 488 valence electrons. The third-order valence-corrected chi connectivity index (χ3v) is 16.6. The number of hydrogen-bond donors (Lipinski definition) is 6. The summed E-state index contributed by atoms with van der Waals surface area (Å²) in [7, 11) is 0. The van der Waals surface area contributed by atoms with Gasteiger partial charge in [-0.1, -0.05) is 63.6 Å². The van der Waals surface area contributed by atoms with Gasteiger partial charge in [-0.3, -0.25) is 38.5 Å². The minimum atomic E-state index is -1.09. The highest BCUT2D eigenvalue weighted by atomic mass is 19.1. The zero-order valence-electron chi connectivity index (χ0n) is 52.0. The highest BCUT2D eigenvalue weighted by Crippen LogP contribution is 2.31. The van der Waals surface area contributed by atoms with Crippen LogP contribution < -0.4 is 27.0 Å². The number of amides is 10. The van der Waals surface area contributed by atoms with Gasteiger partial charge in [0.1, 0.15) is 36.4 Å². The van der Waals surface area contributed by atoms with Crippen LogP contribution in [0.3, 0.4) is 0 Å². The summed E-state index contributed by atoms with van der Waals surface area (Å²) >= 11 is 0. The molecule has 7 N–H and O–H groups in total. The first-order chi connectivity index (χ1) is 42.9. The molecule has 0 saturated carbocycles. The van der Waals surface area contributed by atoms with Gasteiger partial charge < -0.3 is 61.0 Å². The number of carbonyl (C=O) groups excluding carboxylic acids is 10. The van der Waals surface area contributed by atoms with Gasteiger partial charge in [0.2, 0.25) is 23.6 Å². The minimum Gasteiger partial charge on any atom is -0.457 e. The number of nitrogens with zero attached hydrogens (tertiary/aromatic N) is 7. The molecule has 0 radical (unpaired) electrons. The summed E-state index contributed by atoms with van der Waals surface area (Å²) in [6, 6.07) is 6.73. The number of unbranched alkanes of at least 4 members (excludes halogenated alkanes) is 2. The standard InChI is InChI=1S/C63H85FN12O14/c1-38(2)56(69-52(79)12-8-7-9-26-75-53(80)21-22-54(75)81)60(84)68-49(11-10-25-66-61(65)85)59(83)67-45-17-15-43(16-18-45)37-88-62(86)73-29-31-74(32-30-73)63(87)89-51-20-14-40(4)58(90-55(82)36-47(78)19-13-39(51)3)41(5)33-44-34-48(64)57-50(35-44)76(71-70-57)46-23-27-72(28-24-46)42(6)77/h14-18,20-22,33-35,38-40,46-47,49,51,56,58,78H,7-13,19,23-32,36-37H2,1-6H3,(H,67,83)(H,68,84)(H,69,79)(H3,65,66,85)/b20-14-,41-33+/t39-,40-,47+,49-,51-,56-,58-/m0/s1. The van der Waals surface area contributed by atoms with Crippen molar-refractivity contribution in [2.45, 2.75) is 155 Å². The molecule has 0 spiro atoms. The molecule has 7 atom stereocenters. The van der Waals surface area contributed by atoms with Crippen molar-refractivity contribution >= 4 is 82.4 Å². The van der Waals surface area contributed by atoms with Gasteiger partial charge in [0, 0.05) is 89.5 Å². The summed E-state index contributed by atoms with van der Waals surface area (Å²) in [6.45, 7) is 12.5. The first-order valence-electron chi connectivity index (χ1n) is 30.9. The molecule has 4 aliphatic heterocycles. The van der Waals surface area contributed by atoms with Crippen molar-refractivity contribution in [3.8, 4) is 0 Å². The van der Waals surface area contributed by atoms with Crippen LogP contribution in [0, 0.1) is 23.6 Å². The fourth-order valence-corrected chi connectivity index (χ4v) is 11.2. The molecular weight excluding hydrogens is 1170 g/mol. The van der Waals surface area contributed by atoms with Gasteiger partial charge in [0.05, 0.1) is 24.1 Å². The van der Waals surface area contributed by atoms with Crippen LogP contribution in [0.2, 0.25) is 0 Å². The number of piperazine rings is 1. The van der Waals surface area contributed by atoms with Crippen molar-refractivity contribution in [2.75, 3.05) is 57.7 Å². The predicted octanol–water partition coefficient (Wildman–Crippen LogP) is 5.40. The number of benzene rings is 2. The maximum atomic E-state index is 15.6. The minimum absolute atomic E-state index is 0.00361. The molecule has 10 amide bonds. The number of halogens is 1. The molecule has 90 heavy (non-hydrogen) atoms. The number of anilines is 1. The van der Waals surface area contributed by atoms with Crippen molar-refractivity contribution in [3.63, 3.8) is 0 Å². The van der Waals surface area contributed by atoms with E-state index in [1.54, 1.807) is 72.8 Å². The Balaban J connectivity index is 0.890. The van der Waals surface area contributed by atoms with Crippen LogP contribution in [-0.2, 0) is 54.4 Å². The summed E-state index contributed by atoms with van der Waals surface area (Å²) in [6.07, 6.45) is 7.58. The number of aliphatic hydroxyl groups excluding tert-OH is 1. The van der Waals surface area contributed by atoms with Crippen LogP contribution in [0.5, 0.6) is 0 Å². The monoisotopic (exact) mass is 1250 g/mol. The number of esters is 1. The van der Waals surface area contributed by atoms with Crippen molar-refractivity contribution in [3.05, 3.63) is 83.2 Å². The van der Waals surface area contributed by atoms with E-state index in [2.05, 4.69) is 31.6 Å². The zero-order valence-corrected chi connectivity index (χ0v) is 52.0. The van der Waals surface area contributed by atoms with E-state index < -0.39 is 78.1 Å². The molecule has 5 heterocycles. The average molecular weight is 1250 g/mol. The van der Waals surface area contributed by atoms with Crippen LogP contribution in [0.25, 0.3) is 17.1 Å². The summed E-state index contributed by atoms with van der Waals surface area (Å²) in [5, 5.41) is 30.1. The normalized spacial score (nSPS) is 21.4. The van der Waals surface area contributed by atoms with E-state index in [1.807, 2.05) is 19.9 Å². The van der Waals surface area contributed by atoms with Gasteiger partial charge in [-0.05, 0) is 117 Å². The molecular formula is C63H85FN12O14. The van der Waals surface area contributed by atoms with Crippen LogP contribution in [-0.4, -0.2) is 182 Å². The van der Waals surface area contributed by atoms with E-state index in [0.717, 1.165) is 4.90 Å². The summed E-state index contributed by atoms with van der Waals surface area (Å²) in [5.74, 6) is -4.56. The lowest BCUT2D eigenvalue weighted by Crippen LogP contribution is -2.54. The number of ether oxygens (including phenoxy) is 3. The van der Waals surface area contributed by atoms with Crippen molar-refractivity contribution in [1.29, 1.82) is 0 Å². The Kier molecular flexibility index (Phi) is 24.9. The van der Waals surface area contributed by atoms with Crippen LogP contribution in [0.15, 0.2) is 66.3 Å². The second-order valence-corrected chi connectivity index (χ2v) is 23.9. The summed E-state index contributed by atoms with van der Waals surface area (Å²) in [4.78, 5) is 133. The second kappa shape index (κ2) is 32.6. The van der Waals surface area contributed by atoms with Crippen molar-refractivity contribution in [1.82, 2.24) is 50.5 Å².